The molecule has 1 saturated heterocycles. The standard InChI is InChI=1S/C27H35N7O/c1-19-17-20(11-12-27(2,3)34-13-15-35-16-14-34)9-10-22(19)31-26-32-24-23(28-18-29-24)25(33-26)30-21-7-5-4-6-8-21/h9-10,17-18,21H,4-8,13-16H2,1-3H3,(H3,28,29,30,31,32,33). The molecule has 3 heterocycles. The molecule has 184 valence electrons. The fraction of sp³-hybridized carbons (Fsp3) is 0.519. The Balaban J connectivity index is 1.33. The number of nitrogens with one attached hydrogen (secondary N) is 3. The number of H-pyrrole nitrogens is 1. The molecule has 35 heavy (non-hydrogen) atoms. The Kier molecular flexibility index (Phi) is 6.89. The third-order valence-corrected chi connectivity index (χ3v) is 7.02. The maximum atomic E-state index is 5.48. The number of morpholine rings is 1. The number of aryl methyl sites for hydroxylation is 1. The lowest BCUT2D eigenvalue weighted by molar-refractivity contribution is 0.00739. The zero-order valence-electron chi connectivity index (χ0n) is 20.9. The molecule has 0 radical (unpaired) electrons. The number of ether oxygens (including phenoxy) is 1. The van der Waals surface area contributed by atoms with Gasteiger partial charge in [-0.05, 0) is 57.4 Å². The van der Waals surface area contributed by atoms with Crippen molar-refractivity contribution in [2.24, 2.45) is 0 Å². The zero-order chi connectivity index (χ0) is 24.3. The Labute approximate surface area is 207 Å². The second-order valence-corrected chi connectivity index (χ2v) is 10.0. The van der Waals surface area contributed by atoms with E-state index >= 15 is 0 Å². The number of aromatic nitrogens is 4. The van der Waals surface area contributed by atoms with E-state index in [9.17, 15) is 0 Å². The van der Waals surface area contributed by atoms with Gasteiger partial charge in [0.05, 0.1) is 25.1 Å². The fourth-order valence-electron chi connectivity index (χ4n) is 4.86. The van der Waals surface area contributed by atoms with Gasteiger partial charge in [-0.15, -0.1) is 0 Å². The lowest BCUT2D eigenvalue weighted by atomic mass is 9.95. The van der Waals surface area contributed by atoms with Crippen molar-refractivity contribution in [1.29, 1.82) is 0 Å². The van der Waals surface area contributed by atoms with Gasteiger partial charge in [0.2, 0.25) is 5.95 Å². The maximum Gasteiger partial charge on any atom is 0.231 e. The first kappa shape index (κ1) is 23.6. The second-order valence-electron chi connectivity index (χ2n) is 10.0. The smallest absolute Gasteiger partial charge is 0.231 e. The number of rotatable bonds is 5. The first-order valence-corrected chi connectivity index (χ1v) is 12.7. The molecule has 2 fully saturated rings. The minimum Gasteiger partial charge on any atom is -0.379 e. The van der Waals surface area contributed by atoms with Gasteiger partial charge >= 0.3 is 0 Å². The van der Waals surface area contributed by atoms with E-state index in [-0.39, 0.29) is 5.54 Å². The Hall–Kier alpha value is -3.15. The van der Waals surface area contributed by atoms with Crippen molar-refractivity contribution >= 4 is 28.6 Å². The molecule has 0 bridgehead atoms. The summed E-state index contributed by atoms with van der Waals surface area (Å²) in [7, 11) is 0. The van der Waals surface area contributed by atoms with Crippen LogP contribution in [0.5, 0.6) is 0 Å². The van der Waals surface area contributed by atoms with Crippen LogP contribution in [0.25, 0.3) is 11.2 Å². The predicted octanol–water partition coefficient (Wildman–Crippen LogP) is 4.61. The Morgan fingerprint density at radius 1 is 1.11 bits per heavy atom. The van der Waals surface area contributed by atoms with Crippen LogP contribution in [0.4, 0.5) is 17.5 Å². The number of fused-ring (bicyclic) bond motifs is 1. The molecular weight excluding hydrogens is 438 g/mol. The van der Waals surface area contributed by atoms with Crippen molar-refractivity contribution in [3.05, 3.63) is 35.7 Å². The summed E-state index contributed by atoms with van der Waals surface area (Å²) in [6.45, 7) is 9.81. The molecule has 0 amide bonds. The molecule has 1 saturated carbocycles. The minimum atomic E-state index is -0.191. The predicted molar refractivity (Wildman–Crippen MR) is 140 cm³/mol. The van der Waals surface area contributed by atoms with Gasteiger partial charge in [-0.3, -0.25) is 4.90 Å². The Morgan fingerprint density at radius 2 is 1.91 bits per heavy atom. The molecule has 2 aliphatic rings. The number of hydrogen-bond donors (Lipinski definition) is 3. The first-order valence-electron chi connectivity index (χ1n) is 12.7. The van der Waals surface area contributed by atoms with E-state index in [0.29, 0.717) is 17.6 Å². The molecule has 1 aliphatic heterocycles. The van der Waals surface area contributed by atoms with E-state index in [2.05, 4.69) is 69.2 Å². The van der Waals surface area contributed by atoms with Crippen LogP contribution in [0.3, 0.4) is 0 Å². The lowest BCUT2D eigenvalue weighted by Crippen LogP contribution is -2.49. The number of nitrogens with zero attached hydrogens (tertiary/aromatic N) is 4. The molecule has 1 aliphatic carbocycles. The monoisotopic (exact) mass is 473 g/mol. The summed E-state index contributed by atoms with van der Waals surface area (Å²) in [6.07, 6.45) is 7.86. The van der Waals surface area contributed by atoms with Gasteiger partial charge in [0.1, 0.15) is 5.52 Å². The van der Waals surface area contributed by atoms with E-state index in [1.807, 2.05) is 12.1 Å². The summed E-state index contributed by atoms with van der Waals surface area (Å²) in [6, 6.07) is 6.65. The van der Waals surface area contributed by atoms with Gasteiger partial charge in [-0.25, -0.2) is 4.98 Å². The highest BCUT2D eigenvalue weighted by molar-refractivity contribution is 5.84. The van der Waals surface area contributed by atoms with Crippen LogP contribution < -0.4 is 10.6 Å². The molecule has 2 aromatic heterocycles. The molecule has 8 heteroatoms. The molecule has 3 N–H and O–H groups in total. The van der Waals surface area contributed by atoms with Crippen LogP contribution >= 0.6 is 0 Å². The summed E-state index contributed by atoms with van der Waals surface area (Å²) < 4.78 is 5.48. The number of benzene rings is 1. The third kappa shape index (κ3) is 5.58. The number of aromatic amines is 1. The van der Waals surface area contributed by atoms with Gasteiger partial charge in [-0.1, -0.05) is 31.1 Å². The van der Waals surface area contributed by atoms with Gasteiger partial charge < -0.3 is 20.4 Å². The quantitative estimate of drug-likeness (QED) is 0.466. The highest BCUT2D eigenvalue weighted by Crippen LogP contribution is 2.27. The van der Waals surface area contributed by atoms with E-state index in [0.717, 1.165) is 54.5 Å². The highest BCUT2D eigenvalue weighted by Gasteiger charge is 2.26. The summed E-state index contributed by atoms with van der Waals surface area (Å²) in [5, 5.41) is 7.02. The molecule has 3 aromatic rings. The van der Waals surface area contributed by atoms with Crippen molar-refractivity contribution in [3.8, 4) is 11.8 Å². The van der Waals surface area contributed by atoms with Crippen molar-refractivity contribution in [2.75, 3.05) is 36.9 Å². The van der Waals surface area contributed by atoms with Crippen molar-refractivity contribution in [1.82, 2.24) is 24.8 Å². The van der Waals surface area contributed by atoms with E-state index in [1.165, 1.54) is 32.1 Å². The van der Waals surface area contributed by atoms with E-state index in [1.54, 1.807) is 6.33 Å². The van der Waals surface area contributed by atoms with Crippen molar-refractivity contribution < 1.29 is 4.74 Å². The molecule has 1 aromatic carbocycles. The van der Waals surface area contributed by atoms with Gasteiger partial charge in [0.15, 0.2) is 11.5 Å². The average Bonchev–Trinajstić information content (AvgIpc) is 3.35. The second kappa shape index (κ2) is 10.2. The largest absolute Gasteiger partial charge is 0.379 e. The minimum absolute atomic E-state index is 0.191. The number of imidazole rings is 1. The summed E-state index contributed by atoms with van der Waals surface area (Å²) in [5.74, 6) is 8.19. The Morgan fingerprint density at radius 3 is 2.69 bits per heavy atom. The van der Waals surface area contributed by atoms with E-state index in [4.69, 9.17) is 9.72 Å². The molecular formula is C27H35N7O. The SMILES string of the molecule is Cc1cc(C#CC(C)(C)N2CCOCC2)ccc1Nc1nc(NC2CCCCC2)c2[nH]cnc2n1. The van der Waals surface area contributed by atoms with Crippen LogP contribution in [0, 0.1) is 18.8 Å². The third-order valence-electron chi connectivity index (χ3n) is 7.02. The summed E-state index contributed by atoms with van der Waals surface area (Å²) in [4.78, 5) is 19.4. The average molecular weight is 474 g/mol. The van der Waals surface area contributed by atoms with Gasteiger partial charge in [-0.2, -0.15) is 9.97 Å². The first-order chi connectivity index (χ1) is 17.0. The molecule has 8 nitrogen and oxygen atoms in total. The lowest BCUT2D eigenvalue weighted by Gasteiger charge is -2.37. The topological polar surface area (TPSA) is 91.0 Å². The van der Waals surface area contributed by atoms with Crippen LogP contribution in [-0.4, -0.2) is 62.7 Å². The zero-order valence-corrected chi connectivity index (χ0v) is 20.9. The maximum absolute atomic E-state index is 5.48. The van der Waals surface area contributed by atoms with Crippen molar-refractivity contribution in [2.45, 2.75) is 64.5 Å². The Bertz CT molecular complexity index is 1230. The molecule has 0 atom stereocenters. The van der Waals surface area contributed by atoms with Crippen LogP contribution in [0.1, 0.15) is 57.1 Å². The van der Waals surface area contributed by atoms with Crippen LogP contribution in [-0.2, 0) is 4.74 Å². The fourth-order valence-corrected chi connectivity index (χ4v) is 4.86. The van der Waals surface area contributed by atoms with Gasteiger partial charge in [0.25, 0.3) is 0 Å². The van der Waals surface area contributed by atoms with Crippen molar-refractivity contribution in [3.63, 3.8) is 0 Å². The van der Waals surface area contributed by atoms with Crippen LogP contribution in [0.15, 0.2) is 24.5 Å². The summed E-state index contributed by atoms with van der Waals surface area (Å²) in [5.41, 5.74) is 4.37. The number of anilines is 3. The molecule has 0 unspecified atom stereocenters. The van der Waals surface area contributed by atoms with Crippen LogP contribution in [0.2, 0.25) is 0 Å². The normalized spacial score (nSPS) is 17.7. The van der Waals surface area contributed by atoms with E-state index < -0.39 is 0 Å². The molecule has 5 rings (SSSR count). The highest BCUT2D eigenvalue weighted by atomic mass is 16.5. The summed E-state index contributed by atoms with van der Waals surface area (Å²) >= 11 is 0. The number of hydrogen-bond acceptors (Lipinski definition) is 7. The van der Waals surface area contributed by atoms with Gasteiger partial charge in [0, 0.05) is 30.4 Å². The molecule has 0 spiro atoms.